The van der Waals surface area contributed by atoms with Crippen LogP contribution in [-0.4, -0.2) is 36.2 Å². The Kier molecular flexibility index (Phi) is 3.19. The van der Waals surface area contributed by atoms with E-state index in [0.29, 0.717) is 13.1 Å². The molecular weight excluding hydrogens is 240 g/mol. The topological polar surface area (TPSA) is 41.6 Å². The first kappa shape index (κ1) is 12.5. The Balaban J connectivity index is 1.72. The molecule has 19 heavy (non-hydrogen) atoms. The molecule has 2 aliphatic rings. The fraction of sp³-hybridized carbons (Fsp3) is 0.533. The van der Waals surface area contributed by atoms with Crippen LogP contribution in [0.1, 0.15) is 24.0 Å². The third kappa shape index (κ3) is 2.45. The van der Waals surface area contributed by atoms with Gasteiger partial charge < -0.3 is 10.1 Å². The van der Waals surface area contributed by atoms with Crippen LogP contribution in [0.3, 0.4) is 0 Å². The van der Waals surface area contributed by atoms with Crippen molar-refractivity contribution in [3.63, 3.8) is 0 Å². The lowest BCUT2D eigenvalue weighted by molar-refractivity contribution is 0.0366. The van der Waals surface area contributed by atoms with Crippen molar-refractivity contribution in [1.29, 1.82) is 0 Å². The first-order valence-corrected chi connectivity index (χ1v) is 6.92. The molecule has 2 saturated heterocycles. The summed E-state index contributed by atoms with van der Waals surface area (Å²) < 4.78 is 5.64. The first-order valence-electron chi connectivity index (χ1n) is 6.92. The van der Waals surface area contributed by atoms with Crippen molar-refractivity contribution in [2.75, 3.05) is 19.6 Å². The molecule has 1 aromatic carbocycles. The van der Waals surface area contributed by atoms with Crippen LogP contribution in [-0.2, 0) is 11.3 Å². The second kappa shape index (κ2) is 4.85. The standard InChI is InChI=1S/C15H20N2O2/c1-12-5-2-3-6-13(12)9-17-11-15(19-14(17)18)7-4-8-16-10-15/h2-3,5-6,16H,4,7-11H2,1H3. The molecule has 2 fully saturated rings. The number of nitrogens with zero attached hydrogens (tertiary/aromatic N) is 1. The Bertz CT molecular complexity index is 481. The zero-order chi connectivity index (χ0) is 13.3. The molecule has 4 heteroatoms. The Morgan fingerprint density at radius 3 is 3.00 bits per heavy atom. The summed E-state index contributed by atoms with van der Waals surface area (Å²) in [6.07, 6.45) is 1.87. The monoisotopic (exact) mass is 260 g/mol. The quantitative estimate of drug-likeness (QED) is 0.885. The second-order valence-electron chi connectivity index (χ2n) is 5.61. The number of carbonyl (C=O) groups excluding carboxylic acids is 1. The Morgan fingerprint density at radius 1 is 1.42 bits per heavy atom. The van der Waals surface area contributed by atoms with Gasteiger partial charge in [0.05, 0.1) is 6.54 Å². The summed E-state index contributed by atoms with van der Waals surface area (Å²) in [4.78, 5) is 13.9. The Labute approximate surface area is 113 Å². The molecule has 3 rings (SSSR count). The van der Waals surface area contributed by atoms with Crippen LogP contribution in [0.2, 0.25) is 0 Å². The molecule has 1 unspecified atom stereocenters. The van der Waals surface area contributed by atoms with Gasteiger partial charge in [0.2, 0.25) is 0 Å². The predicted octanol–water partition coefficient (Wildman–Crippen LogP) is 2.07. The van der Waals surface area contributed by atoms with Gasteiger partial charge in [-0.1, -0.05) is 24.3 Å². The molecule has 1 spiro atoms. The van der Waals surface area contributed by atoms with Gasteiger partial charge in [0.1, 0.15) is 5.60 Å². The van der Waals surface area contributed by atoms with Gasteiger partial charge in [-0.05, 0) is 37.4 Å². The minimum Gasteiger partial charge on any atom is -0.440 e. The Hall–Kier alpha value is -1.55. The summed E-state index contributed by atoms with van der Waals surface area (Å²) >= 11 is 0. The number of carbonyl (C=O) groups is 1. The lowest BCUT2D eigenvalue weighted by atomic mass is 9.94. The van der Waals surface area contributed by atoms with Gasteiger partial charge in [-0.25, -0.2) is 4.79 Å². The minimum atomic E-state index is -0.294. The predicted molar refractivity (Wildman–Crippen MR) is 72.9 cm³/mol. The van der Waals surface area contributed by atoms with Gasteiger partial charge >= 0.3 is 6.09 Å². The van der Waals surface area contributed by atoms with Crippen molar-refractivity contribution in [2.24, 2.45) is 0 Å². The number of hydrogen-bond donors (Lipinski definition) is 1. The number of hydrogen-bond acceptors (Lipinski definition) is 3. The molecule has 2 aliphatic heterocycles. The molecule has 1 amide bonds. The van der Waals surface area contributed by atoms with Gasteiger partial charge in [-0.2, -0.15) is 0 Å². The molecule has 0 saturated carbocycles. The van der Waals surface area contributed by atoms with Crippen molar-refractivity contribution >= 4 is 6.09 Å². The third-order valence-corrected chi connectivity index (χ3v) is 4.10. The van der Waals surface area contributed by atoms with Crippen molar-refractivity contribution in [3.8, 4) is 0 Å². The highest BCUT2D eigenvalue weighted by atomic mass is 16.6. The van der Waals surface area contributed by atoms with Crippen molar-refractivity contribution in [2.45, 2.75) is 31.9 Å². The van der Waals surface area contributed by atoms with Gasteiger partial charge in [0.15, 0.2) is 0 Å². The van der Waals surface area contributed by atoms with Crippen molar-refractivity contribution in [1.82, 2.24) is 10.2 Å². The van der Waals surface area contributed by atoms with E-state index in [1.54, 1.807) is 0 Å². The van der Waals surface area contributed by atoms with Gasteiger partial charge in [-0.3, -0.25) is 4.90 Å². The van der Waals surface area contributed by atoms with E-state index in [2.05, 4.69) is 24.4 Å². The molecule has 1 aromatic rings. The van der Waals surface area contributed by atoms with Crippen molar-refractivity contribution < 1.29 is 9.53 Å². The minimum absolute atomic E-state index is 0.174. The van der Waals surface area contributed by atoms with Gasteiger partial charge in [-0.15, -0.1) is 0 Å². The molecule has 0 aromatic heterocycles. The van der Waals surface area contributed by atoms with Crippen LogP contribution >= 0.6 is 0 Å². The van der Waals surface area contributed by atoms with Crippen LogP contribution in [0.25, 0.3) is 0 Å². The average Bonchev–Trinajstić information content (AvgIpc) is 2.69. The fourth-order valence-electron chi connectivity index (χ4n) is 2.97. The van der Waals surface area contributed by atoms with Crippen LogP contribution in [0.15, 0.2) is 24.3 Å². The summed E-state index contributed by atoms with van der Waals surface area (Å²) in [5.74, 6) is 0. The maximum atomic E-state index is 12.0. The van der Waals surface area contributed by atoms with E-state index in [-0.39, 0.29) is 11.7 Å². The summed E-state index contributed by atoms with van der Waals surface area (Å²) in [5, 5.41) is 3.33. The molecule has 4 nitrogen and oxygen atoms in total. The smallest absolute Gasteiger partial charge is 0.410 e. The molecule has 102 valence electrons. The SMILES string of the molecule is Cc1ccccc1CN1CC2(CCCNC2)OC1=O. The highest BCUT2D eigenvalue weighted by Gasteiger charge is 2.45. The summed E-state index contributed by atoms with van der Waals surface area (Å²) in [6, 6.07) is 8.19. The number of piperidine rings is 1. The van der Waals surface area contributed by atoms with E-state index < -0.39 is 0 Å². The Morgan fingerprint density at radius 2 is 2.26 bits per heavy atom. The van der Waals surface area contributed by atoms with Crippen LogP contribution < -0.4 is 5.32 Å². The molecular formula is C15H20N2O2. The highest BCUT2D eigenvalue weighted by Crippen LogP contribution is 2.30. The molecule has 0 bridgehead atoms. The maximum absolute atomic E-state index is 12.0. The average molecular weight is 260 g/mol. The van der Waals surface area contributed by atoms with E-state index in [4.69, 9.17) is 4.74 Å². The van der Waals surface area contributed by atoms with Crippen LogP contribution in [0.4, 0.5) is 4.79 Å². The molecule has 0 aliphatic carbocycles. The zero-order valence-electron chi connectivity index (χ0n) is 11.3. The lowest BCUT2D eigenvalue weighted by Crippen LogP contribution is -2.48. The maximum Gasteiger partial charge on any atom is 0.410 e. The van der Waals surface area contributed by atoms with E-state index in [9.17, 15) is 4.79 Å². The summed E-state index contributed by atoms with van der Waals surface area (Å²) in [6.45, 7) is 5.23. The van der Waals surface area contributed by atoms with E-state index in [1.807, 2.05) is 17.0 Å². The second-order valence-corrected chi connectivity index (χ2v) is 5.61. The van der Waals surface area contributed by atoms with Crippen LogP contribution in [0, 0.1) is 6.92 Å². The zero-order valence-corrected chi connectivity index (χ0v) is 11.3. The van der Waals surface area contributed by atoms with E-state index in [0.717, 1.165) is 25.9 Å². The van der Waals surface area contributed by atoms with Crippen LogP contribution in [0.5, 0.6) is 0 Å². The number of rotatable bonds is 2. The third-order valence-electron chi connectivity index (χ3n) is 4.10. The number of aryl methyl sites for hydroxylation is 1. The molecule has 2 heterocycles. The lowest BCUT2D eigenvalue weighted by Gasteiger charge is -2.31. The fourth-order valence-corrected chi connectivity index (χ4v) is 2.97. The largest absolute Gasteiger partial charge is 0.440 e. The summed E-state index contributed by atoms with van der Waals surface area (Å²) in [5.41, 5.74) is 2.12. The molecule has 1 atom stereocenters. The number of nitrogens with one attached hydrogen (secondary N) is 1. The highest BCUT2D eigenvalue weighted by molar-refractivity contribution is 5.71. The van der Waals surface area contributed by atoms with E-state index in [1.165, 1.54) is 11.1 Å². The van der Waals surface area contributed by atoms with E-state index >= 15 is 0 Å². The van der Waals surface area contributed by atoms with Gasteiger partial charge in [0, 0.05) is 13.1 Å². The normalized spacial score (nSPS) is 26.8. The molecule has 0 radical (unpaired) electrons. The van der Waals surface area contributed by atoms with Gasteiger partial charge in [0.25, 0.3) is 0 Å². The molecule has 1 N–H and O–H groups in total. The first-order chi connectivity index (χ1) is 9.19. The number of ether oxygens (including phenoxy) is 1. The summed E-state index contributed by atoms with van der Waals surface area (Å²) in [7, 11) is 0. The van der Waals surface area contributed by atoms with Crippen molar-refractivity contribution in [3.05, 3.63) is 35.4 Å². The number of amides is 1. The number of benzene rings is 1.